The summed E-state index contributed by atoms with van der Waals surface area (Å²) in [4.78, 5) is 24.3. The second kappa shape index (κ2) is 7.11. The molecule has 0 aliphatic heterocycles. The number of rotatable bonds is 5. The quantitative estimate of drug-likeness (QED) is 0.846. The summed E-state index contributed by atoms with van der Waals surface area (Å²) in [6.07, 6.45) is 1.31. The molecule has 0 saturated heterocycles. The monoisotopic (exact) mass is 391 g/mol. The molecule has 1 aliphatic rings. The lowest BCUT2D eigenvalue weighted by atomic mass is 10.0. The smallest absolute Gasteiger partial charge is 0.262 e. The average Bonchev–Trinajstić information content (AvgIpc) is 2.90. The minimum atomic E-state index is -3.31. The van der Waals surface area contributed by atoms with Crippen molar-refractivity contribution in [1.29, 1.82) is 0 Å². The van der Waals surface area contributed by atoms with Crippen molar-refractivity contribution in [2.75, 3.05) is 18.2 Å². The molecular formula is C19H18FNO5S. The van der Waals surface area contributed by atoms with Crippen LogP contribution in [0.3, 0.4) is 0 Å². The first kappa shape index (κ1) is 19.0. The molecule has 0 radical (unpaired) electrons. The molecule has 0 saturated carbocycles. The zero-order chi connectivity index (χ0) is 19.8. The second-order valence-electron chi connectivity index (χ2n) is 6.50. The molecule has 6 nitrogen and oxygen atoms in total. The minimum Gasteiger partial charge on any atom is -0.483 e. The number of halogens is 1. The lowest BCUT2D eigenvalue weighted by Crippen LogP contribution is -2.20. The molecule has 2 aromatic rings. The van der Waals surface area contributed by atoms with Crippen molar-refractivity contribution < 1.29 is 27.1 Å². The van der Waals surface area contributed by atoms with E-state index in [0.717, 1.165) is 6.26 Å². The topological polar surface area (TPSA) is 89.5 Å². The number of hydrogen-bond donors (Lipinski definition) is 1. The van der Waals surface area contributed by atoms with E-state index < -0.39 is 21.6 Å². The highest BCUT2D eigenvalue weighted by Gasteiger charge is 2.32. The first-order valence-corrected chi connectivity index (χ1v) is 10.1. The third kappa shape index (κ3) is 4.00. The van der Waals surface area contributed by atoms with E-state index in [4.69, 9.17) is 4.74 Å². The van der Waals surface area contributed by atoms with E-state index in [0.29, 0.717) is 11.3 Å². The van der Waals surface area contributed by atoms with Crippen LogP contribution in [0.25, 0.3) is 0 Å². The van der Waals surface area contributed by atoms with Gasteiger partial charge in [-0.2, -0.15) is 0 Å². The number of carbonyl (C=O) groups is 2. The van der Waals surface area contributed by atoms with Crippen LogP contribution in [0.5, 0.6) is 5.75 Å². The Morgan fingerprint density at radius 1 is 1.22 bits per heavy atom. The van der Waals surface area contributed by atoms with Crippen LogP contribution >= 0.6 is 0 Å². The highest BCUT2D eigenvalue weighted by molar-refractivity contribution is 7.90. The van der Waals surface area contributed by atoms with Crippen molar-refractivity contribution in [2.45, 2.75) is 24.2 Å². The number of Topliss-reactive ketones (excluding diaryl/α,β-unsaturated/α-hetero) is 1. The van der Waals surface area contributed by atoms with Gasteiger partial charge in [0.05, 0.1) is 10.5 Å². The van der Waals surface area contributed by atoms with Gasteiger partial charge in [0, 0.05) is 23.9 Å². The zero-order valence-corrected chi connectivity index (χ0v) is 15.6. The number of carbonyl (C=O) groups excluding carboxylic acids is 2. The van der Waals surface area contributed by atoms with Gasteiger partial charge in [0.15, 0.2) is 22.2 Å². The molecular weight excluding hydrogens is 373 g/mol. The molecule has 1 unspecified atom stereocenters. The largest absolute Gasteiger partial charge is 0.483 e. The molecule has 142 valence electrons. The maximum atomic E-state index is 14.0. The number of nitrogens with one attached hydrogen (secondary N) is 1. The first-order chi connectivity index (χ1) is 12.7. The van der Waals surface area contributed by atoms with Gasteiger partial charge >= 0.3 is 0 Å². The summed E-state index contributed by atoms with van der Waals surface area (Å²) >= 11 is 0. The maximum Gasteiger partial charge on any atom is 0.262 e. The predicted octanol–water partition coefficient (Wildman–Crippen LogP) is 2.94. The maximum absolute atomic E-state index is 14.0. The third-order valence-corrected chi connectivity index (χ3v) is 5.47. The summed E-state index contributed by atoms with van der Waals surface area (Å²) < 4.78 is 42.3. The van der Waals surface area contributed by atoms with Gasteiger partial charge in [-0.25, -0.2) is 12.8 Å². The number of anilines is 1. The van der Waals surface area contributed by atoms with Gasteiger partial charge in [0.25, 0.3) is 5.91 Å². The SMILES string of the molecule is CC1CC(=O)c2c(OCC(=O)Nc3ccc(S(C)(=O)=O)cc3)ccc(F)c21. The van der Waals surface area contributed by atoms with Crippen LogP contribution in [0.2, 0.25) is 0 Å². The molecule has 3 rings (SSSR count). The van der Waals surface area contributed by atoms with Crippen molar-refractivity contribution >= 4 is 27.2 Å². The molecule has 0 aromatic heterocycles. The highest BCUT2D eigenvalue weighted by atomic mass is 32.2. The minimum absolute atomic E-state index is 0.145. The van der Waals surface area contributed by atoms with Crippen LogP contribution < -0.4 is 10.1 Å². The fourth-order valence-corrected chi connectivity index (χ4v) is 3.70. The third-order valence-electron chi connectivity index (χ3n) is 4.34. The summed E-state index contributed by atoms with van der Waals surface area (Å²) in [5, 5.41) is 2.57. The molecule has 1 aliphatic carbocycles. The highest BCUT2D eigenvalue weighted by Crippen LogP contribution is 2.39. The van der Waals surface area contributed by atoms with E-state index in [9.17, 15) is 22.4 Å². The Kier molecular flexibility index (Phi) is 5.01. The molecule has 8 heteroatoms. The molecule has 0 heterocycles. The molecule has 1 atom stereocenters. The standard InChI is InChI=1S/C19H18FNO5S/c1-11-9-15(22)19-16(8-7-14(20)18(11)19)26-10-17(23)21-12-3-5-13(6-4-12)27(2,24)25/h3-8,11H,9-10H2,1-2H3,(H,21,23). The number of amides is 1. The molecule has 27 heavy (non-hydrogen) atoms. The number of hydrogen-bond acceptors (Lipinski definition) is 5. The Bertz CT molecular complexity index is 1020. The Morgan fingerprint density at radius 2 is 1.89 bits per heavy atom. The second-order valence-corrected chi connectivity index (χ2v) is 8.51. The molecule has 1 amide bonds. The first-order valence-electron chi connectivity index (χ1n) is 8.25. The van der Waals surface area contributed by atoms with Crippen LogP contribution in [0.15, 0.2) is 41.3 Å². The van der Waals surface area contributed by atoms with Gasteiger partial charge in [-0.15, -0.1) is 0 Å². The van der Waals surface area contributed by atoms with Crippen molar-refractivity contribution in [3.05, 3.63) is 53.3 Å². The van der Waals surface area contributed by atoms with Crippen molar-refractivity contribution in [2.24, 2.45) is 0 Å². The van der Waals surface area contributed by atoms with E-state index in [1.54, 1.807) is 6.92 Å². The number of ketones is 1. The van der Waals surface area contributed by atoms with Crippen LogP contribution in [-0.4, -0.2) is 33.0 Å². The molecule has 0 bridgehead atoms. The summed E-state index contributed by atoms with van der Waals surface area (Å²) in [6, 6.07) is 8.28. The van der Waals surface area contributed by atoms with Crippen LogP contribution in [-0.2, 0) is 14.6 Å². The van der Waals surface area contributed by atoms with Crippen LogP contribution in [0, 0.1) is 5.82 Å². The summed E-state index contributed by atoms with van der Waals surface area (Å²) in [5.74, 6) is -1.19. The Morgan fingerprint density at radius 3 is 2.52 bits per heavy atom. The Hall–Kier alpha value is -2.74. The van der Waals surface area contributed by atoms with E-state index in [-0.39, 0.29) is 40.9 Å². The predicted molar refractivity (Wildman–Crippen MR) is 97.4 cm³/mol. The normalized spacial score (nSPS) is 16.1. The van der Waals surface area contributed by atoms with Gasteiger partial charge in [-0.05, 0) is 42.3 Å². The van der Waals surface area contributed by atoms with Gasteiger partial charge < -0.3 is 10.1 Å². The lowest BCUT2D eigenvalue weighted by molar-refractivity contribution is -0.118. The number of ether oxygens (including phenoxy) is 1. The van der Waals surface area contributed by atoms with Crippen LogP contribution in [0.4, 0.5) is 10.1 Å². The van der Waals surface area contributed by atoms with Gasteiger partial charge in [-0.3, -0.25) is 9.59 Å². The van der Waals surface area contributed by atoms with Crippen molar-refractivity contribution in [3.8, 4) is 5.75 Å². The number of sulfone groups is 1. The van der Waals surface area contributed by atoms with Crippen LogP contribution in [0.1, 0.15) is 35.2 Å². The van der Waals surface area contributed by atoms with Gasteiger partial charge in [0.2, 0.25) is 0 Å². The lowest BCUT2D eigenvalue weighted by Gasteiger charge is -2.12. The van der Waals surface area contributed by atoms with Crippen molar-refractivity contribution in [1.82, 2.24) is 0 Å². The summed E-state index contributed by atoms with van der Waals surface area (Å²) in [7, 11) is -3.31. The fourth-order valence-electron chi connectivity index (χ4n) is 3.07. The molecule has 0 fully saturated rings. The fraction of sp³-hybridized carbons (Fsp3) is 0.263. The number of fused-ring (bicyclic) bond motifs is 1. The molecule has 0 spiro atoms. The van der Waals surface area contributed by atoms with E-state index in [2.05, 4.69) is 5.32 Å². The van der Waals surface area contributed by atoms with Gasteiger partial charge in [0.1, 0.15) is 11.6 Å². The van der Waals surface area contributed by atoms with E-state index in [1.807, 2.05) is 0 Å². The Labute approximate surface area is 156 Å². The Balaban J connectivity index is 1.68. The zero-order valence-electron chi connectivity index (χ0n) is 14.8. The van der Waals surface area contributed by atoms with E-state index in [1.165, 1.54) is 36.4 Å². The summed E-state index contributed by atoms with van der Waals surface area (Å²) in [6.45, 7) is 1.40. The van der Waals surface area contributed by atoms with Crippen molar-refractivity contribution in [3.63, 3.8) is 0 Å². The number of benzene rings is 2. The average molecular weight is 391 g/mol. The molecule has 1 N–H and O–H groups in total. The molecule has 2 aromatic carbocycles. The van der Waals surface area contributed by atoms with E-state index >= 15 is 0 Å². The van der Waals surface area contributed by atoms with Gasteiger partial charge in [-0.1, -0.05) is 6.92 Å². The summed E-state index contributed by atoms with van der Waals surface area (Å²) in [5.41, 5.74) is 0.937.